The smallest absolute Gasteiger partial charge is 0.136 e. The van der Waals surface area contributed by atoms with E-state index in [1.54, 1.807) is 0 Å². The van der Waals surface area contributed by atoms with Crippen LogP contribution in [-0.2, 0) is 0 Å². The standard InChI is InChI=1S/C56H36N2O/c1-3-13-37(14-4-1)45-19-11-12-20-46(45)40-23-27-42(28-24-40)58-51-32-29-43(35-49(51)55-47-21-9-7-15-38(47)25-31-52(55)58)57(41-17-5-2-6-18-41)44-30-34-53-50(36-44)56-48-22-10-8-16-39(48)26-33-54(56)59-53/h1-36H. The monoisotopic (exact) mass is 752 g/mol. The van der Waals surface area contributed by atoms with Gasteiger partial charge in [-0.25, -0.2) is 0 Å². The van der Waals surface area contributed by atoms with Crippen LogP contribution in [0.3, 0.4) is 0 Å². The fraction of sp³-hybridized carbons (Fsp3) is 0. The maximum atomic E-state index is 6.44. The quantitative estimate of drug-likeness (QED) is 0.169. The molecule has 276 valence electrons. The zero-order chi connectivity index (χ0) is 38.9. The van der Waals surface area contributed by atoms with E-state index in [2.05, 4.69) is 228 Å². The first kappa shape index (κ1) is 33.3. The van der Waals surface area contributed by atoms with Gasteiger partial charge in [-0.1, -0.05) is 146 Å². The van der Waals surface area contributed by atoms with Crippen LogP contribution in [0.15, 0.2) is 223 Å². The van der Waals surface area contributed by atoms with Crippen molar-refractivity contribution in [3.05, 3.63) is 218 Å². The molecule has 12 aromatic rings. The lowest BCUT2D eigenvalue weighted by Gasteiger charge is -2.25. The highest BCUT2D eigenvalue weighted by Gasteiger charge is 2.21. The second-order valence-corrected chi connectivity index (χ2v) is 15.3. The van der Waals surface area contributed by atoms with Gasteiger partial charge in [0.2, 0.25) is 0 Å². The Labute approximate surface area is 341 Å². The third kappa shape index (κ3) is 5.36. The molecule has 0 fully saturated rings. The normalized spacial score (nSPS) is 11.7. The van der Waals surface area contributed by atoms with Crippen molar-refractivity contribution in [2.24, 2.45) is 0 Å². The first-order chi connectivity index (χ1) is 29.3. The number of benzene rings is 10. The fourth-order valence-corrected chi connectivity index (χ4v) is 9.29. The minimum absolute atomic E-state index is 0.882. The van der Waals surface area contributed by atoms with Crippen LogP contribution in [0.1, 0.15) is 0 Å². The molecule has 0 amide bonds. The first-order valence-corrected chi connectivity index (χ1v) is 20.2. The average Bonchev–Trinajstić information content (AvgIpc) is 3.86. The molecule has 0 aliphatic heterocycles. The van der Waals surface area contributed by atoms with Crippen molar-refractivity contribution in [2.75, 3.05) is 4.90 Å². The molecule has 0 N–H and O–H groups in total. The van der Waals surface area contributed by atoms with E-state index in [9.17, 15) is 0 Å². The van der Waals surface area contributed by atoms with Crippen molar-refractivity contribution in [3.8, 4) is 27.9 Å². The van der Waals surface area contributed by atoms with Crippen LogP contribution in [0.4, 0.5) is 17.1 Å². The molecule has 0 unspecified atom stereocenters. The lowest BCUT2D eigenvalue weighted by Crippen LogP contribution is -2.09. The van der Waals surface area contributed by atoms with E-state index in [0.717, 1.165) is 50.2 Å². The lowest BCUT2D eigenvalue weighted by molar-refractivity contribution is 0.669. The van der Waals surface area contributed by atoms with Crippen molar-refractivity contribution >= 4 is 82.4 Å². The summed E-state index contributed by atoms with van der Waals surface area (Å²) in [6.45, 7) is 0. The summed E-state index contributed by atoms with van der Waals surface area (Å²) in [4.78, 5) is 2.37. The van der Waals surface area contributed by atoms with Gasteiger partial charge in [0.1, 0.15) is 11.2 Å². The summed E-state index contributed by atoms with van der Waals surface area (Å²) in [6.07, 6.45) is 0. The van der Waals surface area contributed by atoms with Crippen molar-refractivity contribution in [3.63, 3.8) is 0 Å². The fourth-order valence-electron chi connectivity index (χ4n) is 9.29. The molecular formula is C56H36N2O. The predicted molar refractivity (Wildman–Crippen MR) is 249 cm³/mol. The van der Waals surface area contributed by atoms with Gasteiger partial charge < -0.3 is 13.9 Å². The van der Waals surface area contributed by atoms with Gasteiger partial charge in [0, 0.05) is 44.3 Å². The Kier molecular flexibility index (Phi) is 7.54. The van der Waals surface area contributed by atoms with Crippen molar-refractivity contribution < 1.29 is 4.42 Å². The van der Waals surface area contributed by atoms with Gasteiger partial charge in [-0.05, 0) is 117 Å². The van der Waals surface area contributed by atoms with E-state index >= 15 is 0 Å². The molecule has 0 saturated carbocycles. The Morgan fingerprint density at radius 1 is 0.339 bits per heavy atom. The molecule has 3 nitrogen and oxygen atoms in total. The molecule has 0 spiro atoms. The molecule has 3 heteroatoms. The summed E-state index contributed by atoms with van der Waals surface area (Å²) < 4.78 is 8.86. The van der Waals surface area contributed by atoms with E-state index in [1.165, 1.54) is 60.1 Å². The lowest BCUT2D eigenvalue weighted by atomic mass is 9.94. The Balaban J connectivity index is 1.05. The molecule has 0 saturated heterocycles. The van der Waals surface area contributed by atoms with Crippen LogP contribution in [0.25, 0.3) is 93.2 Å². The molecule has 10 aromatic carbocycles. The molecule has 59 heavy (non-hydrogen) atoms. The van der Waals surface area contributed by atoms with Gasteiger partial charge >= 0.3 is 0 Å². The van der Waals surface area contributed by atoms with E-state index in [0.29, 0.717) is 0 Å². The van der Waals surface area contributed by atoms with Gasteiger partial charge in [-0.15, -0.1) is 0 Å². The van der Waals surface area contributed by atoms with Crippen LogP contribution in [-0.4, -0.2) is 4.57 Å². The second-order valence-electron chi connectivity index (χ2n) is 15.3. The third-order valence-corrected chi connectivity index (χ3v) is 12.0. The molecule has 2 aromatic heterocycles. The summed E-state index contributed by atoms with van der Waals surface area (Å²) in [6, 6.07) is 78.7. The Morgan fingerprint density at radius 2 is 0.881 bits per heavy atom. The second kappa shape index (κ2) is 13.4. The summed E-state index contributed by atoms with van der Waals surface area (Å²) in [5, 5.41) is 9.56. The average molecular weight is 753 g/mol. The number of aromatic nitrogens is 1. The molecule has 0 atom stereocenters. The molecule has 0 bridgehead atoms. The summed E-state index contributed by atoms with van der Waals surface area (Å²) in [5.41, 5.74) is 13.3. The Bertz CT molecular complexity index is 3540. The Hall–Kier alpha value is -7.88. The van der Waals surface area contributed by atoms with Crippen LogP contribution in [0.5, 0.6) is 0 Å². The molecule has 12 rings (SSSR count). The van der Waals surface area contributed by atoms with Crippen LogP contribution >= 0.6 is 0 Å². The van der Waals surface area contributed by atoms with Crippen molar-refractivity contribution in [1.29, 1.82) is 0 Å². The number of rotatable bonds is 6. The van der Waals surface area contributed by atoms with Gasteiger partial charge in [0.05, 0.1) is 11.0 Å². The van der Waals surface area contributed by atoms with Crippen LogP contribution in [0, 0.1) is 0 Å². The summed E-state index contributed by atoms with van der Waals surface area (Å²) in [5.74, 6) is 0. The number of fused-ring (bicyclic) bond motifs is 10. The topological polar surface area (TPSA) is 21.3 Å². The molecule has 0 aliphatic carbocycles. The number of hydrogen-bond acceptors (Lipinski definition) is 2. The number of para-hydroxylation sites is 1. The largest absolute Gasteiger partial charge is 0.456 e. The maximum absolute atomic E-state index is 6.44. The van der Waals surface area contributed by atoms with Gasteiger partial charge in [0.25, 0.3) is 0 Å². The van der Waals surface area contributed by atoms with E-state index in [1.807, 2.05) is 0 Å². The number of nitrogens with zero attached hydrogens (tertiary/aromatic N) is 2. The van der Waals surface area contributed by atoms with Crippen molar-refractivity contribution in [2.45, 2.75) is 0 Å². The van der Waals surface area contributed by atoms with Crippen LogP contribution in [0.2, 0.25) is 0 Å². The number of furan rings is 1. The minimum Gasteiger partial charge on any atom is -0.456 e. The summed E-state index contributed by atoms with van der Waals surface area (Å²) in [7, 11) is 0. The highest BCUT2D eigenvalue weighted by Crippen LogP contribution is 2.44. The highest BCUT2D eigenvalue weighted by atomic mass is 16.3. The highest BCUT2D eigenvalue weighted by molar-refractivity contribution is 6.22. The van der Waals surface area contributed by atoms with E-state index < -0.39 is 0 Å². The third-order valence-electron chi connectivity index (χ3n) is 12.0. The van der Waals surface area contributed by atoms with Gasteiger partial charge in [-0.3, -0.25) is 0 Å². The van der Waals surface area contributed by atoms with Crippen molar-refractivity contribution in [1.82, 2.24) is 4.57 Å². The van der Waals surface area contributed by atoms with Gasteiger partial charge in [-0.2, -0.15) is 0 Å². The molecular weight excluding hydrogens is 717 g/mol. The predicted octanol–water partition coefficient (Wildman–Crippen LogP) is 15.8. The summed E-state index contributed by atoms with van der Waals surface area (Å²) >= 11 is 0. The zero-order valence-corrected chi connectivity index (χ0v) is 32.1. The molecule has 0 aliphatic rings. The van der Waals surface area contributed by atoms with Crippen LogP contribution < -0.4 is 4.90 Å². The molecule has 2 heterocycles. The van der Waals surface area contributed by atoms with Gasteiger partial charge in [0.15, 0.2) is 0 Å². The van der Waals surface area contributed by atoms with E-state index in [-0.39, 0.29) is 0 Å². The first-order valence-electron chi connectivity index (χ1n) is 20.2. The van der Waals surface area contributed by atoms with E-state index in [4.69, 9.17) is 4.42 Å². The molecule has 0 radical (unpaired) electrons. The number of hydrogen-bond donors (Lipinski definition) is 0. The Morgan fingerprint density at radius 3 is 1.61 bits per heavy atom. The maximum Gasteiger partial charge on any atom is 0.136 e. The number of anilines is 3. The zero-order valence-electron chi connectivity index (χ0n) is 32.1. The minimum atomic E-state index is 0.882. The SMILES string of the molecule is c1ccc(-c2ccccc2-c2ccc(-n3c4ccc(N(c5ccccc5)c5ccc6oc7ccc8ccccc8c7c6c5)cc4c4c5ccccc5ccc43)cc2)cc1.